The number of sulfonamides is 1. The number of ether oxygens (including phenoxy) is 3. The van der Waals surface area contributed by atoms with E-state index in [9.17, 15) is 23.3 Å². The van der Waals surface area contributed by atoms with Crippen LogP contribution >= 0.6 is 0 Å². The standard InChI is InChI=1S/C23H23N3O8S/c1-32-19-9-11-21(33-2)16(12-19)14-34-22-13-17(6-10-20(22)25-35(3,30)31)24-23(27)15-4-7-18(8-5-15)26(28)29/h4-13,25H,14H2,1-3H3,(H,24,27). The van der Waals surface area contributed by atoms with Crippen LogP contribution in [0.25, 0.3) is 0 Å². The van der Waals surface area contributed by atoms with Crippen molar-refractivity contribution in [1.29, 1.82) is 0 Å². The predicted molar refractivity (Wildman–Crippen MR) is 130 cm³/mol. The Balaban J connectivity index is 1.86. The molecule has 0 aliphatic carbocycles. The van der Waals surface area contributed by atoms with Crippen molar-refractivity contribution in [2.45, 2.75) is 6.61 Å². The normalized spacial score (nSPS) is 10.8. The van der Waals surface area contributed by atoms with Gasteiger partial charge in [0.2, 0.25) is 10.0 Å². The molecule has 0 fully saturated rings. The van der Waals surface area contributed by atoms with Crippen LogP contribution in [0.2, 0.25) is 0 Å². The van der Waals surface area contributed by atoms with Crippen molar-refractivity contribution >= 4 is 33.0 Å². The van der Waals surface area contributed by atoms with Gasteiger partial charge >= 0.3 is 0 Å². The van der Waals surface area contributed by atoms with E-state index < -0.39 is 20.9 Å². The fraction of sp³-hybridized carbons (Fsp3) is 0.174. The lowest BCUT2D eigenvalue weighted by Gasteiger charge is -2.16. The number of nitrogens with one attached hydrogen (secondary N) is 2. The quantitative estimate of drug-likeness (QED) is 0.315. The first kappa shape index (κ1) is 25.3. The Bertz CT molecular complexity index is 1340. The third kappa shape index (κ3) is 6.84. The molecule has 0 heterocycles. The summed E-state index contributed by atoms with van der Waals surface area (Å²) in [5.74, 6) is 0.778. The molecule has 0 saturated carbocycles. The molecule has 0 radical (unpaired) electrons. The van der Waals surface area contributed by atoms with E-state index in [0.717, 1.165) is 6.26 Å². The molecule has 3 aromatic rings. The number of carbonyl (C=O) groups excluding carboxylic acids is 1. The predicted octanol–water partition coefficient (Wildman–Crippen LogP) is 3.81. The minimum Gasteiger partial charge on any atom is -0.497 e. The number of nitro groups is 1. The first-order valence-corrected chi connectivity index (χ1v) is 12.0. The molecule has 3 aromatic carbocycles. The van der Waals surface area contributed by atoms with Crippen LogP contribution in [-0.4, -0.2) is 39.7 Å². The largest absolute Gasteiger partial charge is 0.497 e. The van der Waals surface area contributed by atoms with Gasteiger partial charge in [-0.15, -0.1) is 0 Å². The van der Waals surface area contributed by atoms with Crippen LogP contribution in [0.1, 0.15) is 15.9 Å². The van der Waals surface area contributed by atoms with Gasteiger partial charge in [-0.3, -0.25) is 19.6 Å². The second kappa shape index (κ2) is 10.7. The van der Waals surface area contributed by atoms with Crippen LogP contribution in [-0.2, 0) is 16.6 Å². The van der Waals surface area contributed by atoms with Crippen molar-refractivity contribution < 1.29 is 32.3 Å². The molecule has 2 N–H and O–H groups in total. The van der Waals surface area contributed by atoms with Gasteiger partial charge in [0.15, 0.2) is 0 Å². The van der Waals surface area contributed by atoms with E-state index >= 15 is 0 Å². The van der Waals surface area contributed by atoms with Crippen LogP contribution < -0.4 is 24.2 Å². The fourth-order valence-electron chi connectivity index (χ4n) is 3.09. The van der Waals surface area contributed by atoms with Gasteiger partial charge in [0.25, 0.3) is 11.6 Å². The Kier molecular flexibility index (Phi) is 7.76. The Morgan fingerprint density at radius 2 is 1.69 bits per heavy atom. The highest BCUT2D eigenvalue weighted by atomic mass is 32.2. The van der Waals surface area contributed by atoms with Crippen LogP contribution in [0, 0.1) is 10.1 Å². The van der Waals surface area contributed by atoms with Crippen LogP contribution in [0.5, 0.6) is 17.2 Å². The molecule has 11 nitrogen and oxygen atoms in total. The number of non-ortho nitro benzene ring substituents is 1. The molecule has 0 unspecified atom stereocenters. The maximum atomic E-state index is 12.6. The molecule has 1 amide bonds. The zero-order chi connectivity index (χ0) is 25.6. The van der Waals surface area contributed by atoms with E-state index in [1.165, 1.54) is 56.7 Å². The zero-order valence-electron chi connectivity index (χ0n) is 19.1. The van der Waals surface area contributed by atoms with Crippen LogP contribution in [0.4, 0.5) is 17.1 Å². The maximum absolute atomic E-state index is 12.6. The highest BCUT2D eigenvalue weighted by molar-refractivity contribution is 7.92. The van der Waals surface area contributed by atoms with E-state index in [0.29, 0.717) is 22.7 Å². The van der Waals surface area contributed by atoms with Gasteiger partial charge in [-0.25, -0.2) is 8.42 Å². The summed E-state index contributed by atoms with van der Waals surface area (Å²) in [6.07, 6.45) is 1.01. The van der Waals surface area contributed by atoms with Crippen molar-refractivity contribution in [1.82, 2.24) is 0 Å². The van der Waals surface area contributed by atoms with Crippen LogP contribution in [0.15, 0.2) is 60.7 Å². The number of carbonyl (C=O) groups is 1. The van der Waals surface area contributed by atoms with Crippen molar-refractivity contribution in [3.8, 4) is 17.2 Å². The lowest BCUT2D eigenvalue weighted by atomic mass is 10.2. The van der Waals surface area contributed by atoms with Gasteiger partial charge < -0.3 is 19.5 Å². The van der Waals surface area contributed by atoms with Crippen molar-refractivity contribution in [2.24, 2.45) is 0 Å². The average molecular weight is 502 g/mol. The molecule has 3 rings (SSSR count). The smallest absolute Gasteiger partial charge is 0.269 e. The number of nitrogens with zero attached hydrogens (tertiary/aromatic N) is 1. The van der Waals surface area contributed by atoms with Gasteiger partial charge in [-0.05, 0) is 42.5 Å². The Morgan fingerprint density at radius 1 is 0.971 bits per heavy atom. The van der Waals surface area contributed by atoms with Gasteiger partial charge in [-0.2, -0.15) is 0 Å². The third-order valence-electron chi connectivity index (χ3n) is 4.75. The highest BCUT2D eigenvalue weighted by Gasteiger charge is 2.15. The number of hydrogen-bond donors (Lipinski definition) is 2. The molecule has 0 aliphatic rings. The molecule has 0 aromatic heterocycles. The van der Waals surface area contributed by atoms with Crippen LogP contribution in [0.3, 0.4) is 0 Å². The molecular formula is C23H23N3O8S. The Labute approximate surface area is 201 Å². The van der Waals surface area contributed by atoms with E-state index in [1.54, 1.807) is 18.2 Å². The monoisotopic (exact) mass is 501 g/mol. The second-order valence-corrected chi connectivity index (χ2v) is 9.06. The minimum atomic E-state index is -3.61. The fourth-order valence-corrected chi connectivity index (χ4v) is 3.66. The SMILES string of the molecule is COc1ccc(OC)c(COc2cc(NC(=O)c3ccc([N+](=O)[O-])cc3)ccc2NS(C)(=O)=O)c1. The average Bonchev–Trinajstić information content (AvgIpc) is 2.82. The molecule has 0 saturated heterocycles. The third-order valence-corrected chi connectivity index (χ3v) is 5.34. The molecule has 12 heteroatoms. The molecule has 0 bridgehead atoms. The van der Waals surface area contributed by atoms with Gasteiger partial charge in [0.05, 0.1) is 31.1 Å². The number of amides is 1. The summed E-state index contributed by atoms with van der Waals surface area (Å²) >= 11 is 0. The van der Waals surface area contributed by atoms with Gasteiger partial charge in [-0.1, -0.05) is 0 Å². The van der Waals surface area contributed by atoms with Crippen molar-refractivity contribution in [3.63, 3.8) is 0 Å². The molecule has 0 aliphatic heterocycles. The number of rotatable bonds is 10. The van der Waals surface area contributed by atoms with E-state index in [-0.39, 0.29) is 29.3 Å². The molecule has 0 spiro atoms. The minimum absolute atomic E-state index is 0.0125. The second-order valence-electron chi connectivity index (χ2n) is 7.31. The van der Waals surface area contributed by atoms with E-state index in [1.807, 2.05) is 0 Å². The lowest BCUT2D eigenvalue weighted by molar-refractivity contribution is -0.384. The van der Waals surface area contributed by atoms with E-state index in [2.05, 4.69) is 10.0 Å². The zero-order valence-corrected chi connectivity index (χ0v) is 19.9. The topological polar surface area (TPSA) is 146 Å². The van der Waals surface area contributed by atoms with Crippen molar-refractivity contribution in [2.75, 3.05) is 30.5 Å². The summed E-state index contributed by atoms with van der Waals surface area (Å²) in [6, 6.07) is 14.7. The number of methoxy groups -OCH3 is 2. The number of anilines is 2. The van der Waals surface area contributed by atoms with Gasteiger partial charge in [0.1, 0.15) is 23.9 Å². The van der Waals surface area contributed by atoms with Crippen molar-refractivity contribution in [3.05, 3.63) is 81.9 Å². The summed E-state index contributed by atoms with van der Waals surface area (Å²) < 4.78 is 42.5. The molecule has 0 atom stereocenters. The molecule has 35 heavy (non-hydrogen) atoms. The van der Waals surface area contributed by atoms with E-state index in [4.69, 9.17) is 14.2 Å². The maximum Gasteiger partial charge on any atom is 0.269 e. The Hall–Kier alpha value is -4.32. The number of nitro benzene ring substituents is 1. The Morgan fingerprint density at radius 3 is 2.29 bits per heavy atom. The highest BCUT2D eigenvalue weighted by Crippen LogP contribution is 2.32. The first-order valence-electron chi connectivity index (χ1n) is 10.1. The number of hydrogen-bond acceptors (Lipinski definition) is 8. The van der Waals surface area contributed by atoms with Gasteiger partial charge in [0, 0.05) is 35.0 Å². The summed E-state index contributed by atoms with van der Waals surface area (Å²) in [5, 5.41) is 13.5. The summed E-state index contributed by atoms with van der Waals surface area (Å²) in [6.45, 7) is 0.0125. The number of benzene rings is 3. The summed E-state index contributed by atoms with van der Waals surface area (Å²) in [5.41, 5.74) is 1.21. The summed E-state index contributed by atoms with van der Waals surface area (Å²) in [4.78, 5) is 22.8. The first-order chi connectivity index (χ1) is 16.6. The molecular weight excluding hydrogens is 478 g/mol. The molecule has 184 valence electrons. The lowest BCUT2D eigenvalue weighted by Crippen LogP contribution is -2.14. The summed E-state index contributed by atoms with van der Waals surface area (Å²) in [7, 11) is -0.578.